The van der Waals surface area contributed by atoms with Crippen LogP contribution in [0.2, 0.25) is 0 Å². The lowest BCUT2D eigenvalue weighted by atomic mass is 9.98. The molecule has 1 aliphatic heterocycles. The van der Waals surface area contributed by atoms with E-state index in [-0.39, 0.29) is 5.75 Å². The average Bonchev–Trinajstić information content (AvgIpc) is 2.71. The summed E-state index contributed by atoms with van der Waals surface area (Å²) in [5.74, 6) is -1.25. The molecule has 2 rings (SSSR count). The van der Waals surface area contributed by atoms with E-state index in [1.54, 1.807) is 6.07 Å². The van der Waals surface area contributed by atoms with E-state index in [9.17, 15) is 30.0 Å². The van der Waals surface area contributed by atoms with Gasteiger partial charge >= 0.3 is 11.9 Å². The van der Waals surface area contributed by atoms with E-state index in [1.807, 2.05) is 0 Å². The SMILES string of the molecule is COc1ccc(O[C@@H]2O[C@H](COC(=O)C[C@](C)(O)CC(=O)O)[C@@H](O)[C@H](O)[C@H]2O)cc1OC. The molecule has 32 heavy (non-hydrogen) atoms. The van der Waals surface area contributed by atoms with Crippen molar-refractivity contribution in [3.8, 4) is 17.2 Å². The van der Waals surface area contributed by atoms with Crippen LogP contribution in [0.5, 0.6) is 17.2 Å². The molecule has 0 spiro atoms. The summed E-state index contributed by atoms with van der Waals surface area (Å²) in [5, 5.41) is 49.2. The lowest BCUT2D eigenvalue weighted by Gasteiger charge is -2.40. The van der Waals surface area contributed by atoms with Gasteiger partial charge in [0.1, 0.15) is 36.8 Å². The fraction of sp³-hybridized carbons (Fsp3) is 0.600. The Kier molecular flexibility index (Phi) is 8.64. The number of carbonyl (C=O) groups is 2. The second kappa shape index (κ2) is 10.8. The Morgan fingerprint density at radius 3 is 2.28 bits per heavy atom. The molecule has 0 amide bonds. The second-order valence-corrected chi connectivity index (χ2v) is 7.58. The van der Waals surface area contributed by atoms with Crippen molar-refractivity contribution in [3.63, 3.8) is 0 Å². The van der Waals surface area contributed by atoms with Gasteiger partial charge in [0.25, 0.3) is 0 Å². The van der Waals surface area contributed by atoms with Crippen LogP contribution in [0.15, 0.2) is 18.2 Å². The van der Waals surface area contributed by atoms with E-state index >= 15 is 0 Å². The number of carbonyl (C=O) groups excluding carboxylic acids is 1. The smallest absolute Gasteiger partial charge is 0.308 e. The third-order valence-electron chi connectivity index (χ3n) is 4.74. The van der Waals surface area contributed by atoms with Gasteiger partial charge in [-0.05, 0) is 19.1 Å². The van der Waals surface area contributed by atoms with Crippen molar-refractivity contribution in [1.82, 2.24) is 0 Å². The standard InChI is InChI=1S/C20H28O12/c1-20(27,7-14(21)22)8-15(23)30-9-13-16(24)17(25)18(26)19(32-13)31-10-4-5-11(28-2)12(6-10)29-3/h4-6,13,16-19,24-27H,7-9H2,1-3H3,(H,21,22)/t13-,16-,17+,18-,19-,20-/m1/s1. The van der Waals surface area contributed by atoms with E-state index < -0.39 is 67.7 Å². The third kappa shape index (κ3) is 6.68. The van der Waals surface area contributed by atoms with Gasteiger partial charge in [-0.2, -0.15) is 0 Å². The number of ether oxygens (including phenoxy) is 5. The molecule has 1 aromatic carbocycles. The van der Waals surface area contributed by atoms with Gasteiger partial charge in [0.15, 0.2) is 11.5 Å². The fourth-order valence-electron chi connectivity index (χ4n) is 3.10. The number of hydrogen-bond donors (Lipinski definition) is 5. The zero-order valence-electron chi connectivity index (χ0n) is 17.8. The number of carboxylic acid groups (broad SMARTS) is 1. The fourth-order valence-corrected chi connectivity index (χ4v) is 3.10. The number of aliphatic carboxylic acids is 1. The molecule has 1 heterocycles. The number of carboxylic acids is 1. The summed E-state index contributed by atoms with van der Waals surface area (Å²) < 4.78 is 26.3. The quantitative estimate of drug-likeness (QED) is 0.270. The lowest BCUT2D eigenvalue weighted by Crippen LogP contribution is -2.60. The van der Waals surface area contributed by atoms with Gasteiger partial charge in [-0.15, -0.1) is 0 Å². The van der Waals surface area contributed by atoms with Crippen molar-refractivity contribution in [3.05, 3.63) is 18.2 Å². The summed E-state index contributed by atoms with van der Waals surface area (Å²) in [5.41, 5.74) is -1.83. The Morgan fingerprint density at radius 2 is 1.69 bits per heavy atom. The molecule has 5 N–H and O–H groups in total. The van der Waals surface area contributed by atoms with Crippen LogP contribution in [-0.2, 0) is 19.1 Å². The van der Waals surface area contributed by atoms with E-state index in [4.69, 9.17) is 28.8 Å². The van der Waals surface area contributed by atoms with E-state index in [2.05, 4.69) is 0 Å². The van der Waals surface area contributed by atoms with Crippen molar-refractivity contribution >= 4 is 11.9 Å². The number of aliphatic hydroxyl groups excluding tert-OH is 3. The van der Waals surface area contributed by atoms with E-state index in [0.717, 1.165) is 0 Å². The Morgan fingerprint density at radius 1 is 1.03 bits per heavy atom. The molecule has 180 valence electrons. The van der Waals surface area contributed by atoms with Crippen LogP contribution in [0, 0.1) is 0 Å². The second-order valence-electron chi connectivity index (χ2n) is 7.58. The first-order valence-corrected chi connectivity index (χ1v) is 9.65. The molecular weight excluding hydrogens is 432 g/mol. The summed E-state index contributed by atoms with van der Waals surface area (Å²) in [6.07, 6.45) is -8.88. The topological polar surface area (TPSA) is 181 Å². The Hall–Kier alpha value is -2.64. The van der Waals surface area contributed by atoms with Crippen molar-refractivity contribution in [2.24, 2.45) is 0 Å². The van der Waals surface area contributed by atoms with E-state index in [1.165, 1.54) is 33.3 Å². The number of methoxy groups -OCH3 is 2. The Bertz CT molecular complexity index is 795. The van der Waals surface area contributed by atoms with Crippen molar-refractivity contribution in [1.29, 1.82) is 0 Å². The molecule has 1 aliphatic rings. The minimum atomic E-state index is -1.83. The van der Waals surface area contributed by atoms with Crippen LogP contribution in [0.1, 0.15) is 19.8 Å². The largest absolute Gasteiger partial charge is 0.493 e. The Balaban J connectivity index is 2.02. The molecule has 0 aliphatic carbocycles. The third-order valence-corrected chi connectivity index (χ3v) is 4.74. The van der Waals surface area contributed by atoms with Crippen LogP contribution < -0.4 is 14.2 Å². The maximum Gasteiger partial charge on any atom is 0.308 e. The maximum atomic E-state index is 12.0. The highest BCUT2D eigenvalue weighted by Gasteiger charge is 2.45. The molecule has 12 nitrogen and oxygen atoms in total. The van der Waals surface area contributed by atoms with Crippen LogP contribution in [-0.4, -0.2) is 94.6 Å². The molecule has 0 unspecified atom stereocenters. The molecule has 12 heteroatoms. The van der Waals surface area contributed by atoms with Gasteiger partial charge < -0.3 is 49.2 Å². The number of benzene rings is 1. The summed E-state index contributed by atoms with van der Waals surface area (Å²) in [7, 11) is 2.88. The number of aliphatic hydroxyl groups is 4. The monoisotopic (exact) mass is 460 g/mol. The highest BCUT2D eigenvalue weighted by molar-refractivity contribution is 5.73. The summed E-state index contributed by atoms with van der Waals surface area (Å²) in [4.78, 5) is 22.7. The predicted octanol–water partition coefficient (Wildman–Crippen LogP) is -0.951. The molecule has 1 fully saturated rings. The first-order valence-electron chi connectivity index (χ1n) is 9.65. The molecule has 1 saturated heterocycles. The van der Waals surface area contributed by atoms with Crippen molar-refractivity contribution in [2.75, 3.05) is 20.8 Å². The summed E-state index contributed by atoms with van der Waals surface area (Å²) >= 11 is 0. The molecule has 0 aromatic heterocycles. The lowest BCUT2D eigenvalue weighted by molar-refractivity contribution is -0.278. The van der Waals surface area contributed by atoms with Crippen LogP contribution in [0.3, 0.4) is 0 Å². The molecule has 6 atom stereocenters. The minimum absolute atomic E-state index is 0.204. The van der Waals surface area contributed by atoms with Gasteiger partial charge in [0.05, 0.1) is 32.7 Å². The molecule has 1 aromatic rings. The van der Waals surface area contributed by atoms with Gasteiger partial charge in [0, 0.05) is 6.07 Å². The zero-order valence-corrected chi connectivity index (χ0v) is 17.8. The molecular formula is C20H28O12. The summed E-state index contributed by atoms with van der Waals surface area (Å²) in [6, 6.07) is 4.53. The van der Waals surface area contributed by atoms with Gasteiger partial charge in [-0.1, -0.05) is 0 Å². The normalized spacial score (nSPS) is 27.2. The average molecular weight is 460 g/mol. The van der Waals surface area contributed by atoms with Crippen LogP contribution >= 0.6 is 0 Å². The van der Waals surface area contributed by atoms with Crippen LogP contribution in [0.4, 0.5) is 0 Å². The van der Waals surface area contributed by atoms with Gasteiger partial charge in [-0.3, -0.25) is 9.59 Å². The highest BCUT2D eigenvalue weighted by atomic mass is 16.7. The van der Waals surface area contributed by atoms with Gasteiger partial charge in [-0.25, -0.2) is 0 Å². The number of esters is 1. The first-order chi connectivity index (χ1) is 15.0. The van der Waals surface area contributed by atoms with E-state index in [0.29, 0.717) is 11.5 Å². The maximum absolute atomic E-state index is 12.0. The van der Waals surface area contributed by atoms with Crippen molar-refractivity contribution < 1.29 is 58.8 Å². The molecule has 0 radical (unpaired) electrons. The first kappa shape index (κ1) is 25.6. The number of hydrogen-bond acceptors (Lipinski definition) is 11. The number of rotatable bonds is 10. The molecule has 0 bridgehead atoms. The summed E-state index contributed by atoms with van der Waals surface area (Å²) in [6.45, 7) is 0.625. The highest BCUT2D eigenvalue weighted by Crippen LogP contribution is 2.33. The predicted molar refractivity (Wildman–Crippen MR) is 105 cm³/mol. The minimum Gasteiger partial charge on any atom is -0.493 e. The Labute approximate surface area is 183 Å². The van der Waals surface area contributed by atoms with Crippen LogP contribution in [0.25, 0.3) is 0 Å². The zero-order chi connectivity index (χ0) is 24.1. The van der Waals surface area contributed by atoms with Gasteiger partial charge in [0.2, 0.25) is 6.29 Å². The molecule has 0 saturated carbocycles. The van der Waals surface area contributed by atoms with Crippen molar-refractivity contribution in [2.45, 2.75) is 56.1 Å².